The SMILES string of the molecule is Cc1noc(-c2ccccc2C(=O)N2CCC3CN(C)C3C2)n1. The fraction of sp³-hybridized carbons (Fsp3) is 0.471. The summed E-state index contributed by atoms with van der Waals surface area (Å²) in [6.45, 7) is 4.56. The molecule has 1 aromatic heterocycles. The summed E-state index contributed by atoms with van der Waals surface area (Å²) in [6.07, 6.45) is 1.09. The molecule has 6 nitrogen and oxygen atoms in total. The third-order valence-electron chi connectivity index (χ3n) is 5.01. The summed E-state index contributed by atoms with van der Waals surface area (Å²) >= 11 is 0. The fourth-order valence-electron chi connectivity index (χ4n) is 3.68. The lowest BCUT2D eigenvalue weighted by molar-refractivity contribution is -0.0201. The van der Waals surface area contributed by atoms with Crippen molar-refractivity contribution in [3.63, 3.8) is 0 Å². The molecule has 3 heterocycles. The molecule has 0 spiro atoms. The van der Waals surface area contributed by atoms with E-state index in [9.17, 15) is 4.79 Å². The molecule has 1 aromatic carbocycles. The van der Waals surface area contributed by atoms with Gasteiger partial charge in [0.25, 0.3) is 11.8 Å². The van der Waals surface area contributed by atoms with Gasteiger partial charge in [0.05, 0.1) is 11.1 Å². The lowest BCUT2D eigenvalue weighted by Crippen LogP contribution is -2.63. The molecule has 1 amide bonds. The molecule has 0 N–H and O–H groups in total. The lowest BCUT2D eigenvalue weighted by Gasteiger charge is -2.52. The number of aromatic nitrogens is 2. The Morgan fingerprint density at radius 1 is 1.30 bits per heavy atom. The molecule has 23 heavy (non-hydrogen) atoms. The summed E-state index contributed by atoms with van der Waals surface area (Å²) in [4.78, 5) is 21.6. The summed E-state index contributed by atoms with van der Waals surface area (Å²) in [7, 11) is 2.13. The van der Waals surface area contributed by atoms with Crippen molar-refractivity contribution in [2.24, 2.45) is 5.92 Å². The van der Waals surface area contributed by atoms with E-state index >= 15 is 0 Å². The first kappa shape index (κ1) is 14.4. The minimum Gasteiger partial charge on any atom is -0.337 e. The zero-order valence-corrected chi connectivity index (χ0v) is 13.4. The molecule has 2 saturated heterocycles. The van der Waals surface area contributed by atoms with Crippen molar-refractivity contribution >= 4 is 5.91 Å². The van der Waals surface area contributed by atoms with Crippen LogP contribution < -0.4 is 0 Å². The molecule has 2 unspecified atom stereocenters. The van der Waals surface area contributed by atoms with Crippen LogP contribution in [0.3, 0.4) is 0 Å². The normalized spacial score (nSPS) is 24.2. The van der Waals surface area contributed by atoms with Crippen LogP contribution >= 0.6 is 0 Å². The maximum atomic E-state index is 13.0. The minimum atomic E-state index is 0.0511. The van der Waals surface area contributed by atoms with Crippen molar-refractivity contribution in [1.82, 2.24) is 19.9 Å². The van der Waals surface area contributed by atoms with Crippen molar-refractivity contribution in [2.75, 3.05) is 26.7 Å². The largest absolute Gasteiger partial charge is 0.337 e. The first-order chi connectivity index (χ1) is 11.1. The second-order valence-corrected chi connectivity index (χ2v) is 6.50. The highest BCUT2D eigenvalue weighted by molar-refractivity contribution is 6.00. The quantitative estimate of drug-likeness (QED) is 0.846. The molecule has 2 atom stereocenters. The van der Waals surface area contributed by atoms with Crippen molar-refractivity contribution in [2.45, 2.75) is 19.4 Å². The van der Waals surface area contributed by atoms with Gasteiger partial charge in [0.2, 0.25) is 0 Å². The number of rotatable bonds is 2. The Kier molecular flexibility index (Phi) is 3.41. The average molecular weight is 312 g/mol. The van der Waals surface area contributed by atoms with Gasteiger partial charge < -0.3 is 14.3 Å². The van der Waals surface area contributed by atoms with Crippen molar-refractivity contribution in [1.29, 1.82) is 0 Å². The van der Waals surface area contributed by atoms with E-state index in [0.29, 0.717) is 28.9 Å². The molecule has 0 radical (unpaired) electrons. The summed E-state index contributed by atoms with van der Waals surface area (Å²) < 4.78 is 5.25. The van der Waals surface area contributed by atoms with Gasteiger partial charge in [-0.1, -0.05) is 17.3 Å². The van der Waals surface area contributed by atoms with E-state index in [1.54, 1.807) is 6.92 Å². The van der Waals surface area contributed by atoms with E-state index in [0.717, 1.165) is 32.0 Å². The Morgan fingerprint density at radius 3 is 2.87 bits per heavy atom. The van der Waals surface area contributed by atoms with Gasteiger partial charge in [-0.3, -0.25) is 4.79 Å². The first-order valence-corrected chi connectivity index (χ1v) is 8.02. The van der Waals surface area contributed by atoms with Crippen molar-refractivity contribution in [3.05, 3.63) is 35.7 Å². The Bertz CT molecular complexity index is 742. The smallest absolute Gasteiger partial charge is 0.258 e. The van der Waals surface area contributed by atoms with Gasteiger partial charge in [0, 0.05) is 25.7 Å². The molecular formula is C17H20N4O2. The van der Waals surface area contributed by atoms with Gasteiger partial charge in [-0.15, -0.1) is 0 Å². The lowest BCUT2D eigenvalue weighted by atomic mass is 9.82. The number of nitrogens with zero attached hydrogens (tertiary/aromatic N) is 4. The zero-order chi connectivity index (χ0) is 16.0. The zero-order valence-electron chi connectivity index (χ0n) is 13.4. The highest BCUT2D eigenvalue weighted by Gasteiger charge is 2.41. The van der Waals surface area contributed by atoms with Crippen molar-refractivity contribution < 1.29 is 9.32 Å². The molecule has 2 aliphatic rings. The van der Waals surface area contributed by atoms with Gasteiger partial charge in [-0.05, 0) is 38.4 Å². The molecule has 0 bridgehead atoms. The first-order valence-electron chi connectivity index (χ1n) is 8.02. The molecule has 4 rings (SSSR count). The maximum Gasteiger partial charge on any atom is 0.258 e. The van der Waals surface area contributed by atoms with E-state index in [-0.39, 0.29) is 5.91 Å². The summed E-state index contributed by atoms with van der Waals surface area (Å²) in [6, 6.07) is 7.97. The van der Waals surface area contributed by atoms with Gasteiger partial charge >= 0.3 is 0 Å². The third kappa shape index (κ3) is 2.43. The van der Waals surface area contributed by atoms with Crippen LogP contribution in [0, 0.1) is 12.8 Å². The Labute approximate surface area is 135 Å². The standard InChI is InChI=1S/C17H20N4O2/c1-11-18-16(23-19-11)13-5-3-4-6-14(13)17(22)21-8-7-12-9-20(2)15(12)10-21/h3-6,12,15H,7-10H2,1-2H3. The highest BCUT2D eigenvalue weighted by atomic mass is 16.5. The van der Waals surface area contributed by atoms with Gasteiger partial charge in [-0.25, -0.2) is 0 Å². The van der Waals surface area contributed by atoms with Crippen LogP contribution in [0.4, 0.5) is 0 Å². The molecule has 0 aliphatic carbocycles. The van der Waals surface area contributed by atoms with E-state index in [1.165, 1.54) is 0 Å². The molecule has 6 heteroatoms. The number of aryl methyl sites for hydroxylation is 1. The number of fused-ring (bicyclic) bond motifs is 1. The van der Waals surface area contributed by atoms with Crippen molar-refractivity contribution in [3.8, 4) is 11.5 Å². The Balaban J connectivity index is 1.61. The number of carbonyl (C=O) groups is 1. The number of benzene rings is 1. The second-order valence-electron chi connectivity index (χ2n) is 6.50. The number of likely N-dealkylation sites (N-methyl/N-ethyl adjacent to an activating group) is 1. The highest BCUT2D eigenvalue weighted by Crippen LogP contribution is 2.32. The van der Waals surface area contributed by atoms with Crippen LogP contribution in [0.25, 0.3) is 11.5 Å². The number of hydrogen-bond donors (Lipinski definition) is 0. The number of piperidine rings is 1. The molecule has 2 aromatic rings. The van der Waals surface area contributed by atoms with Crippen LogP contribution in [0.2, 0.25) is 0 Å². The van der Waals surface area contributed by atoms with Crippen LogP contribution in [-0.4, -0.2) is 58.6 Å². The van der Waals surface area contributed by atoms with Gasteiger partial charge in [-0.2, -0.15) is 4.98 Å². The Hall–Kier alpha value is -2.21. The van der Waals surface area contributed by atoms with Crippen LogP contribution in [0.15, 0.2) is 28.8 Å². The molecular weight excluding hydrogens is 292 g/mol. The molecule has 2 aliphatic heterocycles. The van der Waals surface area contributed by atoms with E-state index in [4.69, 9.17) is 4.52 Å². The van der Waals surface area contributed by atoms with Gasteiger partial charge in [0.1, 0.15) is 0 Å². The van der Waals surface area contributed by atoms with Gasteiger partial charge in [0.15, 0.2) is 5.82 Å². The van der Waals surface area contributed by atoms with E-state index < -0.39 is 0 Å². The van der Waals surface area contributed by atoms with Crippen LogP contribution in [-0.2, 0) is 0 Å². The summed E-state index contributed by atoms with van der Waals surface area (Å²) in [5.74, 6) is 1.77. The number of likely N-dealkylation sites (tertiary alicyclic amines) is 2. The third-order valence-corrected chi connectivity index (χ3v) is 5.01. The summed E-state index contributed by atoms with van der Waals surface area (Å²) in [5, 5.41) is 3.83. The fourth-order valence-corrected chi connectivity index (χ4v) is 3.68. The summed E-state index contributed by atoms with van der Waals surface area (Å²) in [5.41, 5.74) is 1.35. The van der Waals surface area contributed by atoms with E-state index in [2.05, 4.69) is 22.1 Å². The monoisotopic (exact) mass is 312 g/mol. The topological polar surface area (TPSA) is 62.5 Å². The maximum absolute atomic E-state index is 13.0. The second kappa shape index (κ2) is 5.45. The molecule has 120 valence electrons. The van der Waals surface area contributed by atoms with Crippen LogP contribution in [0.1, 0.15) is 22.6 Å². The average Bonchev–Trinajstić information content (AvgIpc) is 3.00. The minimum absolute atomic E-state index is 0.0511. The Morgan fingerprint density at radius 2 is 2.13 bits per heavy atom. The molecule has 0 saturated carbocycles. The number of carbonyl (C=O) groups excluding carboxylic acids is 1. The predicted molar refractivity (Wildman–Crippen MR) is 84.9 cm³/mol. The van der Waals surface area contributed by atoms with E-state index in [1.807, 2.05) is 29.2 Å². The predicted octanol–water partition coefficient (Wildman–Crippen LogP) is 1.82. The number of amides is 1. The van der Waals surface area contributed by atoms with Crippen LogP contribution in [0.5, 0.6) is 0 Å². The molecule has 2 fully saturated rings. The number of hydrogen-bond acceptors (Lipinski definition) is 5.